The maximum absolute atomic E-state index is 5.15. The van der Waals surface area contributed by atoms with Crippen LogP contribution in [0, 0.1) is 0 Å². The molecule has 1 aliphatic heterocycles. The number of nitrogens with one attached hydrogen (secondary N) is 1. The van der Waals surface area contributed by atoms with Gasteiger partial charge in [0.2, 0.25) is 0 Å². The Labute approximate surface area is 89.5 Å². The first-order chi connectivity index (χ1) is 4.29. The second kappa shape index (κ2) is 5.32. The first kappa shape index (κ1) is 10.7. The second-order valence-corrected chi connectivity index (χ2v) is 2.45. The van der Waals surface area contributed by atoms with Crippen LogP contribution in [0.2, 0.25) is 0 Å². The molecule has 0 saturated carbocycles. The number of ether oxygens (including phenoxy) is 1. The van der Waals surface area contributed by atoms with E-state index in [0.717, 1.165) is 19.5 Å². The normalized spacial score (nSPS) is 23.4. The quantitative estimate of drug-likeness (QED) is 0.320. The Kier molecular flexibility index (Phi) is 5.67. The molecule has 0 bridgehead atoms. The molecule has 0 aromatic carbocycles. The van der Waals surface area contributed by atoms with E-state index in [-0.39, 0.29) is 42.3 Å². The van der Waals surface area contributed by atoms with Gasteiger partial charge in [0, 0.05) is 6.54 Å². The average molecular weight is 170 g/mol. The molecule has 3 N–H and O–H groups in total. The number of rotatable bonds is 1. The van der Waals surface area contributed by atoms with Gasteiger partial charge in [0.25, 0.3) is 5.17 Å². The summed E-state index contributed by atoms with van der Waals surface area (Å²) in [6.07, 6.45) is 1.22. The van der Waals surface area contributed by atoms with Crippen molar-refractivity contribution in [2.24, 2.45) is 5.73 Å². The molecule has 1 rings (SSSR count). The summed E-state index contributed by atoms with van der Waals surface area (Å²) in [6, 6.07) is 0. The van der Waals surface area contributed by atoms with Crippen LogP contribution in [0.5, 0.6) is 0 Å². The standard InChI is InChI=1S/C5H10N2OS.Na.H/c6-5(9)8-4-1-2-7-3-4;;/h4,7H,1-3H2,(H2,6,9);;/q;+1;-1/t4-;;/m1../s1. The van der Waals surface area contributed by atoms with E-state index >= 15 is 0 Å². The predicted molar refractivity (Wildman–Crippen MR) is 40.3 cm³/mol. The van der Waals surface area contributed by atoms with Crippen LogP contribution in [0.4, 0.5) is 0 Å². The fourth-order valence-electron chi connectivity index (χ4n) is 0.893. The van der Waals surface area contributed by atoms with Crippen LogP contribution in [0.25, 0.3) is 0 Å². The molecule has 10 heavy (non-hydrogen) atoms. The molecule has 1 atom stereocenters. The molecule has 3 nitrogen and oxygen atoms in total. The van der Waals surface area contributed by atoms with E-state index in [9.17, 15) is 0 Å². The maximum atomic E-state index is 5.15. The topological polar surface area (TPSA) is 47.3 Å². The van der Waals surface area contributed by atoms with Gasteiger partial charge in [0.1, 0.15) is 6.10 Å². The largest absolute Gasteiger partial charge is 1.00 e. The van der Waals surface area contributed by atoms with Crippen LogP contribution in [-0.2, 0) is 4.74 Å². The summed E-state index contributed by atoms with van der Waals surface area (Å²) in [5, 5.41) is 3.29. The molecule has 1 heterocycles. The Balaban J connectivity index is 0. The molecule has 1 fully saturated rings. The van der Waals surface area contributed by atoms with Crippen LogP contribution < -0.4 is 40.6 Å². The molecular formula is C5H11N2NaOS. The molecule has 1 aliphatic rings. The van der Waals surface area contributed by atoms with Gasteiger partial charge in [-0.15, -0.1) is 0 Å². The van der Waals surface area contributed by atoms with Crippen LogP contribution >= 0.6 is 12.2 Å². The van der Waals surface area contributed by atoms with E-state index in [1.165, 1.54) is 0 Å². The fourth-order valence-corrected chi connectivity index (χ4v) is 1.03. The zero-order valence-corrected chi connectivity index (χ0v) is 8.91. The molecule has 0 radical (unpaired) electrons. The molecule has 0 aromatic rings. The molecule has 0 unspecified atom stereocenters. The molecule has 5 heteroatoms. The monoisotopic (exact) mass is 170 g/mol. The van der Waals surface area contributed by atoms with Gasteiger partial charge in [0.05, 0.1) is 0 Å². The van der Waals surface area contributed by atoms with Crippen LogP contribution in [0.1, 0.15) is 7.85 Å². The van der Waals surface area contributed by atoms with Crippen molar-refractivity contribution >= 4 is 17.4 Å². The summed E-state index contributed by atoms with van der Waals surface area (Å²) in [5.41, 5.74) is 5.15. The first-order valence-electron chi connectivity index (χ1n) is 2.96. The van der Waals surface area contributed by atoms with E-state index in [0.29, 0.717) is 0 Å². The van der Waals surface area contributed by atoms with Crippen molar-refractivity contribution in [1.82, 2.24) is 5.32 Å². The Bertz CT molecular complexity index is 121. The van der Waals surface area contributed by atoms with E-state index in [1.54, 1.807) is 0 Å². The summed E-state index contributed by atoms with van der Waals surface area (Å²) >= 11 is 4.56. The van der Waals surface area contributed by atoms with Gasteiger partial charge in [-0.2, -0.15) is 0 Å². The minimum atomic E-state index is 0. The Morgan fingerprint density at radius 3 is 2.90 bits per heavy atom. The Morgan fingerprint density at radius 1 is 1.80 bits per heavy atom. The number of nitrogens with two attached hydrogens (primary N) is 1. The molecule has 0 amide bonds. The average Bonchev–Trinajstić information content (AvgIpc) is 2.15. The maximum Gasteiger partial charge on any atom is 1.00 e. The van der Waals surface area contributed by atoms with Gasteiger partial charge in [-0.1, -0.05) is 0 Å². The second-order valence-electron chi connectivity index (χ2n) is 2.05. The number of thiocarbonyl (C=S) groups is 1. The van der Waals surface area contributed by atoms with Crippen molar-refractivity contribution in [2.75, 3.05) is 13.1 Å². The smallest absolute Gasteiger partial charge is 1.00 e. The van der Waals surface area contributed by atoms with Crippen LogP contribution in [0.15, 0.2) is 0 Å². The number of hydrogen-bond donors (Lipinski definition) is 2. The van der Waals surface area contributed by atoms with Gasteiger partial charge in [-0.25, -0.2) is 0 Å². The third kappa shape index (κ3) is 3.73. The minimum absolute atomic E-state index is 0. The van der Waals surface area contributed by atoms with E-state index < -0.39 is 0 Å². The molecule has 54 valence electrons. The molecular weight excluding hydrogens is 159 g/mol. The van der Waals surface area contributed by atoms with Crippen molar-refractivity contribution in [2.45, 2.75) is 12.5 Å². The van der Waals surface area contributed by atoms with Gasteiger partial charge in [-0.3, -0.25) is 0 Å². The third-order valence-electron chi connectivity index (χ3n) is 1.30. The van der Waals surface area contributed by atoms with Gasteiger partial charge in [-0.05, 0) is 25.2 Å². The van der Waals surface area contributed by atoms with Crippen molar-refractivity contribution < 1.29 is 35.7 Å². The van der Waals surface area contributed by atoms with Crippen molar-refractivity contribution in [3.05, 3.63) is 0 Å². The number of hydrogen-bond acceptors (Lipinski definition) is 3. The summed E-state index contributed by atoms with van der Waals surface area (Å²) in [4.78, 5) is 0. The van der Waals surface area contributed by atoms with Gasteiger partial charge >= 0.3 is 29.6 Å². The van der Waals surface area contributed by atoms with Gasteiger partial charge in [0.15, 0.2) is 0 Å². The van der Waals surface area contributed by atoms with Gasteiger partial charge < -0.3 is 17.2 Å². The summed E-state index contributed by atoms with van der Waals surface area (Å²) in [5.74, 6) is 0. The first-order valence-corrected chi connectivity index (χ1v) is 3.36. The minimum Gasteiger partial charge on any atom is -1.00 e. The Morgan fingerprint density at radius 2 is 2.50 bits per heavy atom. The van der Waals surface area contributed by atoms with Crippen molar-refractivity contribution in [3.8, 4) is 0 Å². The Hall–Kier alpha value is 0.650. The van der Waals surface area contributed by atoms with Crippen LogP contribution in [0.3, 0.4) is 0 Å². The predicted octanol–water partition coefficient (Wildman–Crippen LogP) is -3.27. The van der Waals surface area contributed by atoms with Crippen molar-refractivity contribution in [1.29, 1.82) is 0 Å². The summed E-state index contributed by atoms with van der Waals surface area (Å²) in [6.45, 7) is 1.88. The SMILES string of the molecule is NC(=S)O[C@@H]1CCNC1.[H-].[Na+]. The zero-order chi connectivity index (χ0) is 6.69. The van der Waals surface area contributed by atoms with Crippen molar-refractivity contribution in [3.63, 3.8) is 0 Å². The van der Waals surface area contributed by atoms with E-state index in [2.05, 4.69) is 17.5 Å². The third-order valence-corrected chi connectivity index (χ3v) is 1.39. The van der Waals surface area contributed by atoms with Crippen LogP contribution in [-0.4, -0.2) is 24.4 Å². The fraction of sp³-hybridized carbons (Fsp3) is 0.800. The summed E-state index contributed by atoms with van der Waals surface area (Å²) < 4.78 is 5.06. The van der Waals surface area contributed by atoms with E-state index in [1.807, 2.05) is 0 Å². The molecule has 1 saturated heterocycles. The van der Waals surface area contributed by atoms with E-state index in [4.69, 9.17) is 10.5 Å². The zero-order valence-electron chi connectivity index (χ0n) is 7.09. The molecule has 0 spiro atoms. The molecule has 0 aromatic heterocycles. The summed E-state index contributed by atoms with van der Waals surface area (Å²) in [7, 11) is 0. The molecule has 0 aliphatic carbocycles.